The van der Waals surface area contributed by atoms with Gasteiger partial charge < -0.3 is 22.6 Å². The average molecular weight is 398 g/mol. The van der Waals surface area contributed by atoms with E-state index in [0.29, 0.717) is 0 Å². The van der Waals surface area contributed by atoms with Gasteiger partial charge in [0.05, 0.1) is 0 Å². The summed E-state index contributed by atoms with van der Waals surface area (Å²) in [4.78, 5) is 2.15. The lowest BCUT2D eigenvalue weighted by Crippen LogP contribution is -3.00. The third-order valence-electron chi connectivity index (χ3n) is 5.55. The maximum Gasteiger partial charge on any atom is 0.152 e. The molecule has 2 aromatic rings. The predicted molar refractivity (Wildman–Crippen MR) is 118 cm³/mol. The minimum Gasteiger partial charge on any atom is -1.00 e. The number of nitrogens with one attached hydrogen (secondary N) is 1. The molecule has 0 aliphatic heterocycles. The minimum absolute atomic E-state index is 0. The molecule has 0 saturated heterocycles. The molecule has 1 fully saturated rings. The van der Waals surface area contributed by atoms with E-state index < -0.39 is 0 Å². The van der Waals surface area contributed by atoms with Crippen LogP contribution in [0.3, 0.4) is 0 Å². The van der Waals surface area contributed by atoms with Crippen molar-refractivity contribution in [2.75, 3.05) is 45.5 Å². The molecule has 0 atom stereocenters. The van der Waals surface area contributed by atoms with Crippen molar-refractivity contribution in [3.05, 3.63) is 65.2 Å². The average Bonchev–Trinajstić information content (AvgIpc) is 2.69. The van der Waals surface area contributed by atoms with Crippen LogP contribution in [0.1, 0.15) is 36.8 Å². The van der Waals surface area contributed by atoms with E-state index in [1.165, 1.54) is 22.4 Å². The molecule has 1 aliphatic carbocycles. The van der Waals surface area contributed by atoms with Gasteiger partial charge >= 0.3 is 0 Å². The summed E-state index contributed by atoms with van der Waals surface area (Å²) >= 11 is 0. The zero-order chi connectivity index (χ0) is 19.4. The fourth-order valence-electron chi connectivity index (χ4n) is 3.84. The molecule has 150 valence electrons. The van der Waals surface area contributed by atoms with Gasteiger partial charge in [-0.05, 0) is 53.8 Å². The third-order valence-corrected chi connectivity index (χ3v) is 5.55. The molecule has 0 bridgehead atoms. The molecule has 0 spiro atoms. The second-order valence-electron chi connectivity index (χ2n) is 7.71. The van der Waals surface area contributed by atoms with Gasteiger partial charge in [0.15, 0.2) is 5.71 Å². The van der Waals surface area contributed by atoms with Crippen LogP contribution in [0.15, 0.2) is 54.1 Å². The fourth-order valence-corrected chi connectivity index (χ4v) is 3.84. The number of allylic oxidation sites excluding steroid dienone is 1. The second-order valence-corrected chi connectivity index (χ2v) is 7.71. The number of halogens is 1. The lowest BCUT2D eigenvalue weighted by Gasteiger charge is -2.21. The molecule has 1 saturated carbocycles. The monoisotopic (exact) mass is 397 g/mol. The van der Waals surface area contributed by atoms with Crippen LogP contribution in [0.25, 0.3) is 5.57 Å². The maximum atomic E-state index is 3.22. The van der Waals surface area contributed by atoms with E-state index in [9.17, 15) is 0 Å². The number of nitrogens with zero attached hydrogens (tertiary/aromatic N) is 2. The van der Waals surface area contributed by atoms with Gasteiger partial charge in [0.25, 0.3) is 0 Å². The first kappa shape index (κ1) is 22.0. The SMILES string of the molecule is CNc1ccc(C(=C2CCC(=[N+](C)C)CC2)c2ccc(N(C)C)cc2)cc1.[Cl-]. The third kappa shape index (κ3) is 4.96. The highest BCUT2D eigenvalue weighted by atomic mass is 35.5. The molecule has 3 nitrogen and oxygen atoms in total. The Morgan fingerprint density at radius 3 is 1.75 bits per heavy atom. The Balaban J connectivity index is 0.00000280. The highest BCUT2D eigenvalue weighted by molar-refractivity contribution is 5.87. The van der Waals surface area contributed by atoms with E-state index >= 15 is 0 Å². The zero-order valence-electron chi connectivity index (χ0n) is 17.7. The zero-order valence-corrected chi connectivity index (χ0v) is 18.5. The Kier molecular flexibility index (Phi) is 7.70. The number of hydrogen-bond donors (Lipinski definition) is 1. The normalized spacial score (nSPS) is 13.6. The first-order valence-corrected chi connectivity index (χ1v) is 9.79. The maximum absolute atomic E-state index is 3.22. The van der Waals surface area contributed by atoms with Crippen molar-refractivity contribution in [2.24, 2.45) is 0 Å². The first-order chi connectivity index (χ1) is 13.0. The molecule has 4 heteroatoms. The summed E-state index contributed by atoms with van der Waals surface area (Å²) in [5.41, 5.74) is 9.58. The van der Waals surface area contributed by atoms with Gasteiger partial charge in [-0.15, -0.1) is 0 Å². The molecule has 28 heavy (non-hydrogen) atoms. The van der Waals surface area contributed by atoms with Gasteiger partial charge in [0.2, 0.25) is 0 Å². The molecule has 1 aliphatic rings. The van der Waals surface area contributed by atoms with Gasteiger partial charge in [0.1, 0.15) is 14.1 Å². The summed E-state index contributed by atoms with van der Waals surface area (Å²) in [5, 5.41) is 3.22. The van der Waals surface area contributed by atoms with Gasteiger partial charge in [0, 0.05) is 45.4 Å². The van der Waals surface area contributed by atoms with E-state index in [1.807, 2.05) is 7.05 Å². The molecule has 0 unspecified atom stereocenters. The topological polar surface area (TPSA) is 18.3 Å². The van der Waals surface area contributed by atoms with Crippen LogP contribution >= 0.6 is 0 Å². The smallest absolute Gasteiger partial charge is 0.152 e. The van der Waals surface area contributed by atoms with Crippen LogP contribution in [-0.2, 0) is 0 Å². The second kappa shape index (κ2) is 9.79. The van der Waals surface area contributed by atoms with Crippen molar-refractivity contribution < 1.29 is 17.0 Å². The largest absolute Gasteiger partial charge is 1.00 e. The number of rotatable bonds is 4. The molecule has 0 heterocycles. The molecule has 0 radical (unpaired) electrons. The van der Waals surface area contributed by atoms with Crippen LogP contribution in [0.4, 0.5) is 11.4 Å². The van der Waals surface area contributed by atoms with Crippen LogP contribution in [0, 0.1) is 0 Å². The van der Waals surface area contributed by atoms with Crippen molar-refractivity contribution in [2.45, 2.75) is 25.7 Å². The summed E-state index contributed by atoms with van der Waals surface area (Å²) in [6.45, 7) is 0. The van der Waals surface area contributed by atoms with Crippen molar-refractivity contribution in [1.29, 1.82) is 0 Å². The van der Waals surface area contributed by atoms with E-state index in [0.717, 1.165) is 31.4 Å². The summed E-state index contributed by atoms with van der Waals surface area (Å²) in [6, 6.07) is 17.8. The summed E-state index contributed by atoms with van der Waals surface area (Å²) < 4.78 is 2.30. The standard InChI is InChI=1S/C24H32N3.ClH/c1-25-21-12-6-18(7-13-21)24(19-8-14-22(15-9-19)26(2)3)20-10-16-23(17-11-20)27(4)5;/h6-9,12-15,25H,10-11,16-17H2,1-5H3;1H/q+1;/p-1. The molecule has 1 N–H and O–H groups in total. The molecule has 0 aromatic heterocycles. The summed E-state index contributed by atoms with van der Waals surface area (Å²) in [5.74, 6) is 0. The Hall–Kier alpha value is -2.26. The number of anilines is 2. The molecule has 3 rings (SSSR count). The quantitative estimate of drug-likeness (QED) is 0.794. The van der Waals surface area contributed by atoms with E-state index in [1.54, 1.807) is 11.3 Å². The minimum atomic E-state index is 0. The number of hydrogen-bond acceptors (Lipinski definition) is 2. The molecular formula is C24H32ClN3. The van der Waals surface area contributed by atoms with Crippen LogP contribution in [-0.4, -0.2) is 45.5 Å². The van der Waals surface area contributed by atoms with Crippen molar-refractivity contribution in [3.8, 4) is 0 Å². The van der Waals surface area contributed by atoms with E-state index in [-0.39, 0.29) is 12.4 Å². The van der Waals surface area contributed by atoms with Crippen molar-refractivity contribution >= 4 is 22.7 Å². The van der Waals surface area contributed by atoms with Gasteiger partial charge in [-0.25, -0.2) is 4.58 Å². The lowest BCUT2D eigenvalue weighted by molar-refractivity contribution is -0.467. The van der Waals surface area contributed by atoms with Crippen molar-refractivity contribution in [3.63, 3.8) is 0 Å². The van der Waals surface area contributed by atoms with Crippen LogP contribution in [0.5, 0.6) is 0 Å². The Morgan fingerprint density at radius 1 is 0.821 bits per heavy atom. The summed E-state index contributed by atoms with van der Waals surface area (Å²) in [7, 11) is 10.5. The van der Waals surface area contributed by atoms with Crippen molar-refractivity contribution in [1.82, 2.24) is 0 Å². The Labute approximate surface area is 176 Å². The summed E-state index contributed by atoms with van der Waals surface area (Å²) in [6.07, 6.45) is 4.62. The van der Waals surface area contributed by atoms with Gasteiger partial charge in [-0.3, -0.25) is 0 Å². The molecular weight excluding hydrogens is 366 g/mol. The Bertz CT molecular complexity index is 830. The molecule has 2 aromatic carbocycles. The van der Waals surface area contributed by atoms with Crippen LogP contribution in [0.2, 0.25) is 0 Å². The van der Waals surface area contributed by atoms with E-state index in [2.05, 4.69) is 91.5 Å². The molecule has 0 amide bonds. The highest BCUT2D eigenvalue weighted by Crippen LogP contribution is 2.35. The highest BCUT2D eigenvalue weighted by Gasteiger charge is 2.21. The number of benzene rings is 2. The predicted octanol–water partition coefficient (Wildman–Crippen LogP) is 1.89. The van der Waals surface area contributed by atoms with Gasteiger partial charge in [-0.1, -0.05) is 29.8 Å². The first-order valence-electron chi connectivity index (χ1n) is 9.79. The van der Waals surface area contributed by atoms with E-state index in [4.69, 9.17) is 0 Å². The lowest BCUT2D eigenvalue weighted by atomic mass is 9.84. The van der Waals surface area contributed by atoms with Crippen LogP contribution < -0.4 is 22.6 Å². The Morgan fingerprint density at radius 2 is 1.32 bits per heavy atom. The fraction of sp³-hybridized carbons (Fsp3) is 0.375. The van der Waals surface area contributed by atoms with Gasteiger partial charge in [-0.2, -0.15) is 0 Å².